The summed E-state index contributed by atoms with van der Waals surface area (Å²) in [7, 11) is 0. The fourth-order valence-electron chi connectivity index (χ4n) is 3.40. The van der Waals surface area contributed by atoms with Crippen LogP contribution in [0, 0.1) is 11.3 Å². The SMILES string of the molecule is CCCCCC(CC(O)CO)C(CC(O)CO)(CC(O)CO)C(=O)O. The van der Waals surface area contributed by atoms with Crippen LogP contribution in [-0.2, 0) is 4.79 Å². The molecule has 8 nitrogen and oxygen atoms in total. The molecule has 0 spiro atoms. The van der Waals surface area contributed by atoms with Gasteiger partial charge in [0.05, 0.1) is 43.5 Å². The zero-order valence-electron chi connectivity index (χ0n) is 14.9. The Morgan fingerprint density at radius 2 is 1.36 bits per heavy atom. The lowest BCUT2D eigenvalue weighted by atomic mass is 9.64. The van der Waals surface area contributed by atoms with E-state index < -0.39 is 55.4 Å². The second kappa shape index (κ2) is 12.6. The molecule has 8 heteroatoms. The monoisotopic (exact) mass is 366 g/mol. The molecule has 0 rings (SSSR count). The van der Waals surface area contributed by atoms with Crippen molar-refractivity contribution < 1.29 is 40.5 Å². The van der Waals surface area contributed by atoms with Gasteiger partial charge in [-0.3, -0.25) is 4.79 Å². The first kappa shape index (κ1) is 24.2. The quantitative estimate of drug-likeness (QED) is 0.191. The minimum Gasteiger partial charge on any atom is -0.481 e. The van der Waals surface area contributed by atoms with E-state index in [0.29, 0.717) is 12.8 Å². The Kier molecular flexibility index (Phi) is 12.2. The second-order valence-corrected chi connectivity index (χ2v) is 6.81. The fraction of sp³-hybridized carbons (Fsp3) is 0.941. The van der Waals surface area contributed by atoms with E-state index in [9.17, 15) is 25.2 Å². The second-order valence-electron chi connectivity index (χ2n) is 6.81. The van der Waals surface area contributed by atoms with Gasteiger partial charge in [0, 0.05) is 0 Å². The van der Waals surface area contributed by atoms with Gasteiger partial charge in [0.15, 0.2) is 0 Å². The van der Waals surface area contributed by atoms with E-state index in [1.54, 1.807) is 0 Å². The Morgan fingerprint density at radius 1 is 0.880 bits per heavy atom. The largest absolute Gasteiger partial charge is 0.481 e. The molecule has 7 N–H and O–H groups in total. The first-order chi connectivity index (χ1) is 11.8. The molecule has 0 saturated carbocycles. The average Bonchev–Trinajstić information content (AvgIpc) is 2.59. The number of carboxylic acid groups (broad SMARTS) is 1. The maximum Gasteiger partial charge on any atom is 0.310 e. The summed E-state index contributed by atoms with van der Waals surface area (Å²) in [5.74, 6) is -1.90. The molecule has 25 heavy (non-hydrogen) atoms. The summed E-state index contributed by atoms with van der Waals surface area (Å²) in [5, 5.41) is 66.9. The molecular formula is C17H34O8. The standard InChI is InChI=1S/C17H34O8/c1-2-3-4-5-12(6-13(21)9-18)17(16(24)25,7-14(22)10-19)8-15(23)11-20/h12-15,18-23H,2-11H2,1H3,(H,24,25). The van der Waals surface area contributed by atoms with Gasteiger partial charge in [-0.15, -0.1) is 0 Å². The van der Waals surface area contributed by atoms with Gasteiger partial charge in [-0.2, -0.15) is 0 Å². The molecule has 0 aliphatic carbocycles. The van der Waals surface area contributed by atoms with Gasteiger partial charge in [0.2, 0.25) is 0 Å². The first-order valence-electron chi connectivity index (χ1n) is 8.87. The van der Waals surface area contributed by atoms with Gasteiger partial charge in [0.25, 0.3) is 0 Å². The van der Waals surface area contributed by atoms with Crippen molar-refractivity contribution in [2.45, 2.75) is 70.2 Å². The van der Waals surface area contributed by atoms with Gasteiger partial charge >= 0.3 is 5.97 Å². The van der Waals surface area contributed by atoms with Crippen LogP contribution in [0.25, 0.3) is 0 Å². The lowest BCUT2D eigenvalue weighted by molar-refractivity contribution is -0.161. The molecule has 0 heterocycles. The molecule has 0 saturated heterocycles. The van der Waals surface area contributed by atoms with E-state index in [-0.39, 0.29) is 19.3 Å². The highest BCUT2D eigenvalue weighted by molar-refractivity contribution is 5.75. The summed E-state index contributed by atoms with van der Waals surface area (Å²) in [4.78, 5) is 12.1. The third-order valence-electron chi connectivity index (χ3n) is 4.75. The molecule has 0 aromatic rings. The van der Waals surface area contributed by atoms with Gasteiger partial charge < -0.3 is 35.7 Å². The van der Waals surface area contributed by atoms with Crippen LogP contribution in [0.2, 0.25) is 0 Å². The minimum atomic E-state index is -1.63. The normalized spacial score (nSPS) is 19.0. The van der Waals surface area contributed by atoms with Crippen molar-refractivity contribution in [3.8, 4) is 0 Å². The highest BCUT2D eigenvalue weighted by atomic mass is 16.4. The number of carboxylic acids is 1. The number of aliphatic carboxylic acids is 1. The Labute approximate surface area is 148 Å². The fourth-order valence-corrected chi connectivity index (χ4v) is 3.40. The van der Waals surface area contributed by atoms with E-state index in [2.05, 4.69) is 0 Å². The lowest BCUT2D eigenvalue weighted by Crippen LogP contribution is -2.46. The van der Waals surface area contributed by atoms with Crippen molar-refractivity contribution >= 4 is 5.97 Å². The van der Waals surface area contributed by atoms with E-state index in [1.165, 1.54) is 0 Å². The topological polar surface area (TPSA) is 159 Å². The molecular weight excluding hydrogens is 332 g/mol. The van der Waals surface area contributed by atoms with Gasteiger partial charge in [0.1, 0.15) is 0 Å². The Hall–Kier alpha value is -0.770. The third-order valence-corrected chi connectivity index (χ3v) is 4.75. The molecule has 0 aliphatic heterocycles. The van der Waals surface area contributed by atoms with Crippen LogP contribution in [0.5, 0.6) is 0 Å². The molecule has 150 valence electrons. The predicted molar refractivity (Wildman–Crippen MR) is 90.8 cm³/mol. The van der Waals surface area contributed by atoms with Crippen molar-refractivity contribution in [2.75, 3.05) is 19.8 Å². The highest BCUT2D eigenvalue weighted by Crippen LogP contribution is 2.43. The van der Waals surface area contributed by atoms with Gasteiger partial charge in [-0.05, 0) is 31.6 Å². The number of rotatable bonds is 15. The van der Waals surface area contributed by atoms with Crippen LogP contribution in [0.1, 0.15) is 51.9 Å². The smallest absolute Gasteiger partial charge is 0.310 e. The zero-order chi connectivity index (χ0) is 19.5. The number of unbranched alkanes of at least 4 members (excludes halogenated alkanes) is 2. The van der Waals surface area contributed by atoms with Crippen molar-refractivity contribution in [1.82, 2.24) is 0 Å². The third kappa shape index (κ3) is 7.98. The molecule has 0 bridgehead atoms. The van der Waals surface area contributed by atoms with E-state index in [4.69, 9.17) is 15.3 Å². The molecule has 0 aliphatic rings. The highest BCUT2D eigenvalue weighted by Gasteiger charge is 2.48. The molecule has 4 unspecified atom stereocenters. The number of hydrogen-bond acceptors (Lipinski definition) is 7. The molecule has 0 amide bonds. The Morgan fingerprint density at radius 3 is 1.72 bits per heavy atom. The van der Waals surface area contributed by atoms with Crippen LogP contribution in [0.3, 0.4) is 0 Å². The summed E-state index contributed by atoms with van der Waals surface area (Å²) in [6.45, 7) is 0.209. The number of aliphatic hydroxyl groups is 6. The average molecular weight is 366 g/mol. The van der Waals surface area contributed by atoms with E-state index >= 15 is 0 Å². The van der Waals surface area contributed by atoms with Crippen molar-refractivity contribution in [3.05, 3.63) is 0 Å². The summed E-state index contributed by atoms with van der Waals surface area (Å²) < 4.78 is 0. The maximum atomic E-state index is 12.1. The van der Waals surface area contributed by atoms with Gasteiger partial charge in [-0.25, -0.2) is 0 Å². The summed E-state index contributed by atoms with van der Waals surface area (Å²) >= 11 is 0. The zero-order valence-corrected chi connectivity index (χ0v) is 14.9. The number of hydrogen-bond donors (Lipinski definition) is 7. The Balaban J connectivity index is 5.75. The molecule has 0 radical (unpaired) electrons. The van der Waals surface area contributed by atoms with Crippen LogP contribution in [0.15, 0.2) is 0 Å². The summed E-state index contributed by atoms with van der Waals surface area (Å²) in [6.07, 6.45) is -1.49. The summed E-state index contributed by atoms with van der Waals surface area (Å²) in [5.41, 5.74) is -1.63. The van der Waals surface area contributed by atoms with Crippen molar-refractivity contribution in [3.63, 3.8) is 0 Å². The van der Waals surface area contributed by atoms with Crippen molar-refractivity contribution in [2.24, 2.45) is 11.3 Å². The molecule has 0 fully saturated rings. The molecule has 0 aromatic carbocycles. The number of aliphatic hydroxyl groups excluding tert-OH is 6. The van der Waals surface area contributed by atoms with Crippen LogP contribution in [0.4, 0.5) is 0 Å². The van der Waals surface area contributed by atoms with Crippen LogP contribution < -0.4 is 0 Å². The summed E-state index contributed by atoms with van der Waals surface area (Å²) in [6, 6.07) is 0. The maximum absolute atomic E-state index is 12.1. The minimum absolute atomic E-state index is 0.0111. The number of carbonyl (C=O) groups is 1. The Bertz CT molecular complexity index is 351. The van der Waals surface area contributed by atoms with E-state index in [1.807, 2.05) is 6.92 Å². The lowest BCUT2D eigenvalue weighted by Gasteiger charge is -2.40. The predicted octanol–water partition coefficient (Wildman–Crippen LogP) is -0.516. The van der Waals surface area contributed by atoms with Crippen LogP contribution >= 0.6 is 0 Å². The van der Waals surface area contributed by atoms with Crippen molar-refractivity contribution in [1.29, 1.82) is 0 Å². The van der Waals surface area contributed by atoms with Crippen LogP contribution in [-0.4, -0.2) is 79.8 Å². The first-order valence-corrected chi connectivity index (χ1v) is 8.87. The van der Waals surface area contributed by atoms with Gasteiger partial charge in [-0.1, -0.05) is 26.2 Å². The molecule has 0 aromatic heterocycles. The van der Waals surface area contributed by atoms with E-state index in [0.717, 1.165) is 12.8 Å². The molecule has 4 atom stereocenters.